The molecule has 2 atom stereocenters. The summed E-state index contributed by atoms with van der Waals surface area (Å²) in [7, 11) is 4.84. The van der Waals surface area contributed by atoms with Crippen molar-refractivity contribution in [1.82, 2.24) is 9.88 Å². The normalized spacial score (nSPS) is 17.8. The fraction of sp³-hybridized carbons (Fsp3) is 0.261. The van der Waals surface area contributed by atoms with Gasteiger partial charge < -0.3 is 19.7 Å². The number of ether oxygens (including phenoxy) is 2. The third-order valence-corrected chi connectivity index (χ3v) is 6.34. The van der Waals surface area contributed by atoms with Crippen LogP contribution in [0, 0.1) is 6.92 Å². The number of carbonyl (C=O) groups is 2. The minimum atomic E-state index is -0.624. The molecule has 2 heterocycles. The molecule has 0 fully saturated rings. The van der Waals surface area contributed by atoms with Crippen LogP contribution in [0.5, 0.6) is 11.5 Å². The molecular weight excluding hydrogens is 414 g/mol. The molecule has 0 radical (unpaired) electrons. The molecule has 160 valence electrons. The zero-order valence-corrected chi connectivity index (χ0v) is 18.5. The Morgan fingerprint density at radius 3 is 2.55 bits per heavy atom. The van der Waals surface area contributed by atoms with Crippen molar-refractivity contribution in [1.29, 1.82) is 0 Å². The zero-order chi connectivity index (χ0) is 22.1. The maximum absolute atomic E-state index is 13.5. The number of carbonyl (C=O) groups excluding carboxylic acids is 2. The first kappa shape index (κ1) is 20.9. The molecule has 0 spiro atoms. The van der Waals surface area contributed by atoms with E-state index in [2.05, 4.69) is 10.3 Å². The lowest BCUT2D eigenvalue weighted by Gasteiger charge is -2.39. The number of hydrogen-bond donors (Lipinski definition) is 1. The van der Waals surface area contributed by atoms with E-state index in [9.17, 15) is 9.59 Å². The molecule has 2 aromatic carbocycles. The van der Waals surface area contributed by atoms with Crippen molar-refractivity contribution in [3.8, 4) is 11.5 Å². The first-order chi connectivity index (χ1) is 14.9. The summed E-state index contributed by atoms with van der Waals surface area (Å²) >= 11 is 1.37. The SMILES string of the molecule is COc1ccc(C2C(C(=O)Nc3nc(C)cs3)c3ccccc3C(=O)N2C)cc1OC. The Bertz CT molecular complexity index is 1140. The smallest absolute Gasteiger partial charge is 0.254 e. The topological polar surface area (TPSA) is 80.8 Å². The lowest BCUT2D eigenvalue weighted by atomic mass is 9.79. The van der Waals surface area contributed by atoms with E-state index in [1.165, 1.54) is 11.3 Å². The molecule has 1 aromatic heterocycles. The van der Waals surface area contributed by atoms with Crippen LogP contribution in [0.3, 0.4) is 0 Å². The van der Waals surface area contributed by atoms with Gasteiger partial charge in [0.15, 0.2) is 16.6 Å². The van der Waals surface area contributed by atoms with Gasteiger partial charge in [-0.2, -0.15) is 0 Å². The van der Waals surface area contributed by atoms with Crippen molar-refractivity contribution in [2.75, 3.05) is 26.6 Å². The van der Waals surface area contributed by atoms with Gasteiger partial charge in [-0.3, -0.25) is 9.59 Å². The second kappa shape index (κ2) is 8.39. The molecule has 0 saturated heterocycles. The van der Waals surface area contributed by atoms with E-state index in [1.54, 1.807) is 44.4 Å². The first-order valence-corrected chi connectivity index (χ1v) is 10.6. The minimum absolute atomic E-state index is 0.135. The molecule has 0 bridgehead atoms. The van der Waals surface area contributed by atoms with Crippen molar-refractivity contribution in [2.45, 2.75) is 18.9 Å². The summed E-state index contributed by atoms with van der Waals surface area (Å²) in [6, 6.07) is 12.2. The Morgan fingerprint density at radius 2 is 1.87 bits per heavy atom. The lowest BCUT2D eigenvalue weighted by molar-refractivity contribution is -0.119. The molecule has 0 aliphatic carbocycles. The second-order valence-corrected chi connectivity index (χ2v) is 8.18. The maximum Gasteiger partial charge on any atom is 0.254 e. The molecule has 4 rings (SSSR count). The molecule has 8 heteroatoms. The third-order valence-electron chi connectivity index (χ3n) is 5.46. The van der Waals surface area contributed by atoms with Crippen molar-refractivity contribution >= 4 is 28.3 Å². The van der Waals surface area contributed by atoms with Gasteiger partial charge in [0.05, 0.1) is 31.9 Å². The van der Waals surface area contributed by atoms with Gasteiger partial charge in [0, 0.05) is 18.0 Å². The van der Waals surface area contributed by atoms with E-state index in [4.69, 9.17) is 9.47 Å². The summed E-state index contributed by atoms with van der Waals surface area (Å²) in [4.78, 5) is 32.6. The van der Waals surface area contributed by atoms with E-state index >= 15 is 0 Å². The van der Waals surface area contributed by atoms with Crippen molar-refractivity contribution < 1.29 is 19.1 Å². The van der Waals surface area contributed by atoms with Gasteiger partial charge in [-0.05, 0) is 36.2 Å². The molecule has 0 saturated carbocycles. The summed E-state index contributed by atoms with van der Waals surface area (Å²) in [6.45, 7) is 1.88. The number of hydrogen-bond acceptors (Lipinski definition) is 6. The van der Waals surface area contributed by atoms with Gasteiger partial charge in [0.25, 0.3) is 5.91 Å². The highest BCUT2D eigenvalue weighted by Gasteiger charge is 2.43. The standard InChI is InChI=1S/C23H23N3O4S/c1-13-12-31-23(24-13)25-21(27)19-15-7-5-6-8-16(15)22(28)26(2)20(19)14-9-10-17(29-3)18(11-14)30-4/h5-12,19-20H,1-4H3,(H,24,25,27). The van der Waals surface area contributed by atoms with Crippen LogP contribution in [0.15, 0.2) is 47.8 Å². The average Bonchev–Trinajstić information content (AvgIpc) is 3.19. The summed E-state index contributed by atoms with van der Waals surface area (Å²) in [5, 5.41) is 5.35. The summed E-state index contributed by atoms with van der Waals surface area (Å²) in [6.07, 6.45) is 0. The Morgan fingerprint density at radius 1 is 1.13 bits per heavy atom. The van der Waals surface area contributed by atoms with Crippen molar-refractivity contribution in [3.05, 3.63) is 70.2 Å². The number of methoxy groups -OCH3 is 2. The number of aryl methyl sites for hydroxylation is 1. The Balaban J connectivity index is 1.83. The van der Waals surface area contributed by atoms with E-state index in [-0.39, 0.29) is 11.8 Å². The molecule has 3 aromatic rings. The molecular formula is C23H23N3O4S. The molecule has 1 aliphatic heterocycles. The zero-order valence-electron chi connectivity index (χ0n) is 17.7. The van der Waals surface area contributed by atoms with Gasteiger partial charge >= 0.3 is 0 Å². The molecule has 31 heavy (non-hydrogen) atoms. The molecule has 1 N–H and O–H groups in total. The van der Waals surface area contributed by atoms with Gasteiger partial charge in [0.1, 0.15) is 0 Å². The van der Waals surface area contributed by atoms with Crippen molar-refractivity contribution in [3.63, 3.8) is 0 Å². The number of amides is 2. The van der Waals surface area contributed by atoms with Gasteiger partial charge in [-0.25, -0.2) is 4.98 Å². The quantitative estimate of drug-likeness (QED) is 0.652. The second-order valence-electron chi connectivity index (χ2n) is 7.32. The number of fused-ring (bicyclic) bond motifs is 1. The van der Waals surface area contributed by atoms with E-state index in [0.717, 1.165) is 11.3 Å². The van der Waals surface area contributed by atoms with Crippen molar-refractivity contribution in [2.24, 2.45) is 0 Å². The van der Waals surface area contributed by atoms with E-state index in [1.807, 2.05) is 36.6 Å². The number of anilines is 1. The number of nitrogens with one attached hydrogen (secondary N) is 1. The van der Waals surface area contributed by atoms with Crippen LogP contribution in [0.25, 0.3) is 0 Å². The summed E-state index contributed by atoms with van der Waals surface area (Å²) in [5.74, 6) is 0.136. The van der Waals surface area contributed by atoms with Gasteiger partial charge in [-0.15, -0.1) is 11.3 Å². The summed E-state index contributed by atoms with van der Waals surface area (Å²) in [5.41, 5.74) is 2.83. The number of nitrogens with zero attached hydrogens (tertiary/aromatic N) is 2. The number of thiazole rings is 1. The predicted octanol–water partition coefficient (Wildman–Crippen LogP) is 4.02. The number of benzene rings is 2. The number of aromatic nitrogens is 1. The van der Waals surface area contributed by atoms with Crippen LogP contribution in [0.1, 0.15) is 39.1 Å². The Labute approximate surface area is 184 Å². The van der Waals surface area contributed by atoms with Crippen LogP contribution in [-0.2, 0) is 4.79 Å². The fourth-order valence-electron chi connectivity index (χ4n) is 4.00. The largest absolute Gasteiger partial charge is 0.493 e. The van der Waals surface area contributed by atoms with Gasteiger partial charge in [0.2, 0.25) is 5.91 Å². The molecule has 2 amide bonds. The number of rotatable bonds is 5. The molecule has 1 aliphatic rings. The third kappa shape index (κ3) is 3.74. The highest BCUT2D eigenvalue weighted by Crippen LogP contribution is 2.44. The van der Waals surface area contributed by atoms with Crippen LogP contribution in [-0.4, -0.2) is 43.0 Å². The lowest BCUT2D eigenvalue weighted by Crippen LogP contribution is -2.44. The van der Waals surface area contributed by atoms with Crippen LogP contribution in [0.2, 0.25) is 0 Å². The Hall–Kier alpha value is -3.39. The highest BCUT2D eigenvalue weighted by atomic mass is 32.1. The minimum Gasteiger partial charge on any atom is -0.493 e. The molecule has 2 unspecified atom stereocenters. The molecule has 7 nitrogen and oxygen atoms in total. The Kier molecular flexibility index (Phi) is 5.65. The monoisotopic (exact) mass is 437 g/mol. The fourth-order valence-corrected chi connectivity index (χ4v) is 4.70. The van der Waals surface area contributed by atoms with Crippen LogP contribution in [0.4, 0.5) is 5.13 Å². The van der Waals surface area contributed by atoms with Gasteiger partial charge in [-0.1, -0.05) is 24.3 Å². The maximum atomic E-state index is 13.5. The van der Waals surface area contributed by atoms with E-state index in [0.29, 0.717) is 27.8 Å². The summed E-state index contributed by atoms with van der Waals surface area (Å²) < 4.78 is 10.8. The van der Waals surface area contributed by atoms with E-state index < -0.39 is 12.0 Å². The highest BCUT2D eigenvalue weighted by molar-refractivity contribution is 7.13. The van der Waals surface area contributed by atoms with Crippen LogP contribution >= 0.6 is 11.3 Å². The first-order valence-electron chi connectivity index (χ1n) is 9.75. The average molecular weight is 438 g/mol. The number of likely N-dealkylation sites (N-methyl/N-ethyl adjacent to an activating group) is 1. The van der Waals surface area contributed by atoms with Crippen LogP contribution < -0.4 is 14.8 Å². The predicted molar refractivity (Wildman–Crippen MR) is 119 cm³/mol.